The van der Waals surface area contributed by atoms with Crippen molar-refractivity contribution in [3.05, 3.63) is 23.8 Å². The van der Waals surface area contributed by atoms with Gasteiger partial charge in [-0.15, -0.1) is 0 Å². The van der Waals surface area contributed by atoms with E-state index in [-0.39, 0.29) is 0 Å². The molecule has 2 heterocycles. The summed E-state index contributed by atoms with van der Waals surface area (Å²) in [5.41, 5.74) is 1.30. The minimum atomic E-state index is 0.618. The average Bonchev–Trinajstić information content (AvgIpc) is 2.94. The minimum absolute atomic E-state index is 0.618. The Morgan fingerprint density at radius 2 is 1.95 bits per heavy atom. The van der Waals surface area contributed by atoms with Crippen LogP contribution < -0.4 is 9.47 Å². The molecule has 2 unspecified atom stereocenters. The van der Waals surface area contributed by atoms with Gasteiger partial charge in [-0.05, 0) is 44.0 Å². The number of hydrogen-bond acceptors (Lipinski definition) is 4. The molecule has 116 valence electrons. The van der Waals surface area contributed by atoms with Crippen LogP contribution in [0.4, 0.5) is 0 Å². The van der Waals surface area contributed by atoms with E-state index in [1.165, 1.54) is 38.0 Å². The molecule has 0 N–H and O–H groups in total. The molecule has 3 rings (SSSR count). The molecule has 4 nitrogen and oxygen atoms in total. The summed E-state index contributed by atoms with van der Waals surface area (Å²) in [5.74, 6) is 1.62. The first-order chi connectivity index (χ1) is 10.2. The van der Waals surface area contributed by atoms with E-state index in [2.05, 4.69) is 28.9 Å². The maximum atomic E-state index is 5.41. The van der Waals surface area contributed by atoms with Crippen molar-refractivity contribution in [1.29, 1.82) is 0 Å². The largest absolute Gasteiger partial charge is 0.493 e. The number of fused-ring (bicyclic) bond motifs is 1. The van der Waals surface area contributed by atoms with Gasteiger partial charge in [0, 0.05) is 31.7 Å². The molecule has 2 aliphatic rings. The first kappa shape index (κ1) is 14.7. The molecule has 1 aromatic rings. The highest BCUT2D eigenvalue weighted by Crippen LogP contribution is 2.30. The monoisotopic (exact) mass is 290 g/mol. The van der Waals surface area contributed by atoms with Gasteiger partial charge in [0.2, 0.25) is 0 Å². The predicted octanol–water partition coefficient (Wildman–Crippen LogP) is 2.37. The standard InChI is InChI=1S/C17H26N2O2/c1-13-10-18-8-4-5-15(18)12-19(13)11-14-6-7-16(20-2)17(9-14)21-3/h6-7,9,13,15H,4-5,8,10-12H2,1-3H3. The molecular weight excluding hydrogens is 264 g/mol. The van der Waals surface area contributed by atoms with Crippen LogP contribution in [-0.2, 0) is 6.54 Å². The Hall–Kier alpha value is -1.26. The molecule has 0 aromatic heterocycles. The van der Waals surface area contributed by atoms with E-state index in [1.54, 1.807) is 14.2 Å². The maximum Gasteiger partial charge on any atom is 0.161 e. The smallest absolute Gasteiger partial charge is 0.161 e. The normalized spacial score (nSPS) is 26.6. The van der Waals surface area contributed by atoms with Gasteiger partial charge >= 0.3 is 0 Å². The number of nitrogens with zero attached hydrogens (tertiary/aromatic N) is 2. The zero-order valence-electron chi connectivity index (χ0n) is 13.3. The zero-order valence-corrected chi connectivity index (χ0v) is 13.3. The summed E-state index contributed by atoms with van der Waals surface area (Å²) in [6.07, 6.45) is 2.72. The summed E-state index contributed by atoms with van der Waals surface area (Å²) >= 11 is 0. The fourth-order valence-corrected chi connectivity index (χ4v) is 3.68. The molecule has 0 amide bonds. The summed E-state index contributed by atoms with van der Waals surface area (Å²) in [5, 5.41) is 0. The van der Waals surface area contributed by atoms with Gasteiger partial charge in [0.05, 0.1) is 14.2 Å². The molecule has 0 spiro atoms. The Balaban J connectivity index is 1.70. The molecule has 0 saturated carbocycles. The summed E-state index contributed by atoms with van der Waals surface area (Å²) in [6.45, 7) is 7.02. The van der Waals surface area contributed by atoms with E-state index in [0.717, 1.165) is 24.1 Å². The fraction of sp³-hybridized carbons (Fsp3) is 0.647. The van der Waals surface area contributed by atoms with E-state index in [9.17, 15) is 0 Å². The quantitative estimate of drug-likeness (QED) is 0.850. The Morgan fingerprint density at radius 1 is 1.14 bits per heavy atom. The summed E-state index contributed by atoms with van der Waals surface area (Å²) in [7, 11) is 3.38. The highest BCUT2D eigenvalue weighted by molar-refractivity contribution is 5.42. The summed E-state index contributed by atoms with van der Waals surface area (Å²) in [4.78, 5) is 5.27. The van der Waals surface area contributed by atoms with Gasteiger partial charge in [-0.3, -0.25) is 9.80 Å². The molecular formula is C17H26N2O2. The number of piperazine rings is 1. The van der Waals surface area contributed by atoms with Crippen LogP contribution in [0.2, 0.25) is 0 Å². The molecule has 21 heavy (non-hydrogen) atoms. The highest BCUT2D eigenvalue weighted by atomic mass is 16.5. The van der Waals surface area contributed by atoms with E-state index in [1.807, 2.05) is 6.07 Å². The first-order valence-electron chi connectivity index (χ1n) is 7.90. The van der Waals surface area contributed by atoms with Crippen molar-refractivity contribution in [1.82, 2.24) is 9.80 Å². The van der Waals surface area contributed by atoms with Crippen molar-refractivity contribution < 1.29 is 9.47 Å². The second-order valence-electron chi connectivity index (χ2n) is 6.26. The fourth-order valence-electron chi connectivity index (χ4n) is 3.68. The second kappa shape index (κ2) is 6.24. The minimum Gasteiger partial charge on any atom is -0.493 e. The summed E-state index contributed by atoms with van der Waals surface area (Å²) < 4.78 is 10.7. The van der Waals surface area contributed by atoms with Crippen LogP contribution in [0.15, 0.2) is 18.2 Å². The number of rotatable bonds is 4. The maximum absolute atomic E-state index is 5.41. The van der Waals surface area contributed by atoms with Crippen LogP contribution in [-0.4, -0.2) is 55.7 Å². The lowest BCUT2D eigenvalue weighted by Gasteiger charge is -2.42. The van der Waals surface area contributed by atoms with Gasteiger partial charge in [0.25, 0.3) is 0 Å². The Morgan fingerprint density at radius 3 is 2.71 bits per heavy atom. The van der Waals surface area contributed by atoms with Crippen LogP contribution in [0.3, 0.4) is 0 Å². The third-order valence-corrected chi connectivity index (χ3v) is 4.90. The van der Waals surface area contributed by atoms with Crippen LogP contribution in [0.25, 0.3) is 0 Å². The first-order valence-corrected chi connectivity index (χ1v) is 7.90. The van der Waals surface area contributed by atoms with Crippen molar-refractivity contribution in [2.24, 2.45) is 0 Å². The molecule has 2 atom stereocenters. The zero-order chi connectivity index (χ0) is 14.8. The van der Waals surface area contributed by atoms with Gasteiger partial charge in [-0.25, -0.2) is 0 Å². The highest BCUT2D eigenvalue weighted by Gasteiger charge is 2.34. The Labute approximate surface area is 127 Å². The Kier molecular flexibility index (Phi) is 4.36. The number of benzene rings is 1. The third kappa shape index (κ3) is 3.01. The van der Waals surface area contributed by atoms with E-state index in [0.29, 0.717) is 6.04 Å². The topological polar surface area (TPSA) is 24.9 Å². The molecule has 0 radical (unpaired) electrons. The van der Waals surface area contributed by atoms with Crippen molar-refractivity contribution in [2.75, 3.05) is 33.9 Å². The van der Waals surface area contributed by atoms with Gasteiger partial charge in [0.15, 0.2) is 11.5 Å². The second-order valence-corrected chi connectivity index (χ2v) is 6.26. The van der Waals surface area contributed by atoms with Gasteiger partial charge in [-0.2, -0.15) is 0 Å². The number of hydrogen-bond donors (Lipinski definition) is 0. The number of ether oxygens (including phenoxy) is 2. The van der Waals surface area contributed by atoms with Crippen LogP contribution >= 0.6 is 0 Å². The van der Waals surface area contributed by atoms with Gasteiger partial charge in [0.1, 0.15) is 0 Å². The van der Waals surface area contributed by atoms with Crippen molar-refractivity contribution in [3.63, 3.8) is 0 Å². The Bertz CT molecular complexity index is 492. The van der Waals surface area contributed by atoms with Gasteiger partial charge < -0.3 is 9.47 Å². The van der Waals surface area contributed by atoms with Crippen LogP contribution in [0.1, 0.15) is 25.3 Å². The molecule has 0 aliphatic carbocycles. The molecule has 4 heteroatoms. The number of methoxy groups -OCH3 is 2. The van der Waals surface area contributed by atoms with E-state index in [4.69, 9.17) is 9.47 Å². The van der Waals surface area contributed by atoms with E-state index >= 15 is 0 Å². The molecule has 2 saturated heterocycles. The predicted molar refractivity (Wildman–Crippen MR) is 84.0 cm³/mol. The lowest BCUT2D eigenvalue weighted by Crippen LogP contribution is -2.54. The molecule has 1 aromatic carbocycles. The van der Waals surface area contributed by atoms with Crippen LogP contribution in [0, 0.1) is 0 Å². The lowest BCUT2D eigenvalue weighted by atomic mass is 10.1. The van der Waals surface area contributed by atoms with Crippen LogP contribution in [0.5, 0.6) is 11.5 Å². The van der Waals surface area contributed by atoms with Gasteiger partial charge in [-0.1, -0.05) is 6.07 Å². The third-order valence-electron chi connectivity index (χ3n) is 4.90. The molecule has 2 fully saturated rings. The van der Waals surface area contributed by atoms with Crippen molar-refractivity contribution >= 4 is 0 Å². The van der Waals surface area contributed by atoms with Crippen molar-refractivity contribution in [2.45, 2.75) is 38.4 Å². The SMILES string of the molecule is COc1ccc(CN2CC3CCCN3CC2C)cc1OC. The molecule has 2 aliphatic heterocycles. The van der Waals surface area contributed by atoms with E-state index < -0.39 is 0 Å². The summed E-state index contributed by atoms with van der Waals surface area (Å²) in [6, 6.07) is 7.64. The average molecular weight is 290 g/mol. The molecule has 0 bridgehead atoms. The lowest BCUT2D eigenvalue weighted by molar-refractivity contribution is 0.0540. The van der Waals surface area contributed by atoms with Crippen molar-refractivity contribution in [3.8, 4) is 11.5 Å².